The van der Waals surface area contributed by atoms with Crippen molar-refractivity contribution < 1.29 is 138 Å². The molecule has 4 fully saturated rings. The Morgan fingerprint density at radius 2 is 1.06 bits per heavy atom. The van der Waals surface area contributed by atoms with Crippen LogP contribution in [0.5, 0.6) is 0 Å². The summed E-state index contributed by atoms with van der Waals surface area (Å²) in [6, 6.07) is 24.7. The van der Waals surface area contributed by atoms with E-state index in [2.05, 4.69) is 25.8 Å². The van der Waals surface area contributed by atoms with Crippen molar-refractivity contribution in [2.45, 2.75) is 75.4 Å². The smallest absolute Gasteiger partial charge is 1.00 e. The van der Waals surface area contributed by atoms with Crippen LogP contribution in [0.15, 0.2) is 95.7 Å². The number of aromatic nitrogens is 2. The fourth-order valence-electron chi connectivity index (χ4n) is 10.2. The van der Waals surface area contributed by atoms with E-state index in [4.69, 9.17) is 94.1 Å². The van der Waals surface area contributed by atoms with Crippen LogP contribution in [-0.2, 0) is 28.7 Å². The molecule has 2 saturated carbocycles. The quantitative estimate of drug-likeness (QED) is 0.0597. The predicted octanol–water partition coefficient (Wildman–Crippen LogP) is 6.75. The van der Waals surface area contributed by atoms with Gasteiger partial charge in [-0.05, 0) is 139 Å². The van der Waals surface area contributed by atoms with Gasteiger partial charge in [0.1, 0.15) is 12.2 Å². The van der Waals surface area contributed by atoms with Gasteiger partial charge >= 0.3 is 115 Å². The van der Waals surface area contributed by atoms with Crippen molar-refractivity contribution in [3.05, 3.63) is 148 Å². The Morgan fingerprint density at radius 3 is 1.48 bits per heavy atom. The summed E-state index contributed by atoms with van der Waals surface area (Å²) in [5.74, 6) is 0.0601. The molecule has 2 aromatic heterocycles. The second-order valence-electron chi connectivity index (χ2n) is 16.1. The van der Waals surface area contributed by atoms with Gasteiger partial charge in [0.2, 0.25) is 0 Å². The van der Waals surface area contributed by atoms with Crippen molar-refractivity contribution >= 4 is 104 Å². The number of halogens is 7. The molecule has 0 N–H and O–H groups in total. The van der Waals surface area contributed by atoms with E-state index in [9.17, 15) is 9.59 Å². The summed E-state index contributed by atoms with van der Waals surface area (Å²) in [6.45, 7) is 3.78. The fourth-order valence-corrected chi connectivity index (χ4v) is 11.9. The molecule has 18 heteroatoms. The summed E-state index contributed by atoms with van der Waals surface area (Å²) in [5, 5.41) is 12.2. The molecule has 4 aliphatic rings. The average Bonchev–Trinajstić information content (AvgIpc) is 3.73. The molecule has 0 amide bonds. The summed E-state index contributed by atoms with van der Waals surface area (Å²) in [6.07, 6.45) is 6.57. The normalized spacial score (nSPS) is 26.2. The van der Waals surface area contributed by atoms with Gasteiger partial charge in [-0.1, -0.05) is 87.8 Å². The Balaban J connectivity index is 0.000000261. The van der Waals surface area contributed by atoms with Gasteiger partial charge in [0.25, 0.3) is 6.47 Å². The maximum atomic E-state index is 12.5. The van der Waals surface area contributed by atoms with Crippen molar-refractivity contribution in [3.8, 4) is 11.1 Å². The number of carbonyl (C=O) groups excluding carboxylic acids is 3. The van der Waals surface area contributed by atoms with Gasteiger partial charge in [0, 0.05) is 93.2 Å². The summed E-state index contributed by atoms with van der Waals surface area (Å²) < 4.78 is 12.2. The maximum absolute atomic E-state index is 12.5. The van der Waals surface area contributed by atoms with Crippen LogP contribution in [-0.4, -0.2) is 40.6 Å². The van der Waals surface area contributed by atoms with Crippen LogP contribution < -0.4 is 108 Å². The predicted molar refractivity (Wildman–Crippen MR) is 247 cm³/mol. The molecule has 9 rings (SSSR count). The van der Waals surface area contributed by atoms with E-state index >= 15 is 0 Å². The zero-order valence-electron chi connectivity index (χ0n) is 36.7. The summed E-state index contributed by atoms with van der Waals surface area (Å²) in [4.78, 5) is 45.6. The molecule has 332 valence electrons. The van der Waals surface area contributed by atoms with E-state index in [-0.39, 0.29) is 182 Å². The minimum Gasteiger partial charge on any atom is -1.00 e. The number of rotatable bonds is 6. The second-order valence-corrected chi connectivity index (χ2v) is 19.5. The van der Waals surface area contributed by atoms with Crippen molar-refractivity contribution in [1.82, 2.24) is 9.97 Å². The van der Waals surface area contributed by atoms with Gasteiger partial charge in [-0.2, -0.15) is 0 Å². The molecule has 0 bridgehead atoms. The Morgan fingerprint density at radius 1 is 0.631 bits per heavy atom. The van der Waals surface area contributed by atoms with Crippen molar-refractivity contribution in [3.63, 3.8) is 0 Å². The van der Waals surface area contributed by atoms with Crippen LogP contribution >= 0.6 is 85.5 Å². The Hall–Kier alpha value is -0.177. The molecule has 0 radical (unpaired) electrons. The van der Waals surface area contributed by atoms with Gasteiger partial charge in [-0.3, -0.25) is 24.4 Å². The number of carbonyl (C=O) groups is 3. The van der Waals surface area contributed by atoms with Crippen molar-refractivity contribution in [2.24, 2.45) is 23.7 Å². The Bertz CT molecular complexity index is 2480. The first-order chi connectivity index (χ1) is 30.2. The van der Waals surface area contributed by atoms with Crippen LogP contribution in [0.4, 0.5) is 0 Å². The number of nitrogens with zero attached hydrogens (tertiary/aromatic N) is 2. The van der Waals surface area contributed by atoms with E-state index in [1.165, 1.54) is 0 Å². The number of benzene rings is 3. The van der Waals surface area contributed by atoms with Gasteiger partial charge in [0.05, 0.1) is 11.8 Å². The number of pyridine rings is 2. The molecule has 3 aromatic carbocycles. The molecule has 0 spiro atoms. The van der Waals surface area contributed by atoms with Gasteiger partial charge in [0.15, 0.2) is 0 Å². The minimum absolute atomic E-state index is 0. The minimum atomic E-state index is -0.190. The van der Waals surface area contributed by atoms with Gasteiger partial charge < -0.3 is 21.0 Å². The Labute approximate surface area is 503 Å². The molecule has 5 aromatic rings. The number of cyclic esters (lactones) is 2. The summed E-state index contributed by atoms with van der Waals surface area (Å²) in [7, 11) is 0. The number of hydrogen-bond donors (Lipinski definition) is 0. The molecule has 0 unspecified atom stereocenters. The average molecular weight is 1120 g/mol. The zero-order valence-corrected chi connectivity index (χ0v) is 48.1. The van der Waals surface area contributed by atoms with Crippen LogP contribution in [0.25, 0.3) is 11.1 Å². The fraction of sp³-hybridized carbons (Fsp3) is 0.340. The largest absolute Gasteiger partial charge is 1.00 e. The first-order valence-electron chi connectivity index (χ1n) is 20.3. The molecule has 4 heterocycles. The molecular formula is C47H41BrCl6K2N2O7. The van der Waals surface area contributed by atoms with Gasteiger partial charge in [-0.15, -0.1) is 0 Å². The molecule has 10 atom stereocenters. The van der Waals surface area contributed by atoms with E-state index in [0.29, 0.717) is 30.1 Å². The monoisotopic (exact) mass is 1110 g/mol. The van der Waals surface area contributed by atoms with E-state index < -0.39 is 0 Å². The SMILES string of the molecule is C[C@H]1OC(=O)[C@@H]2CC[C@@H](c3ccc(Cl)cc3Cl)[C@H](c3ccc(-c4cc(Cl)ccc4Cl)cn3)[C@H]12.C[C@H]1OC(=O)[C@@H]2CC[C@@H](c3ccc(Cl)cc3Cl)[C@H](c3ccc(Br)cn3)[C@H]12.O=CO[O-].[H-].[K+].[K+]. The van der Waals surface area contributed by atoms with Gasteiger partial charge in [-0.25, -0.2) is 0 Å². The number of ether oxygens (including phenoxy) is 2. The third kappa shape index (κ3) is 12.8. The third-order valence-electron chi connectivity index (χ3n) is 12.7. The number of fused-ring (bicyclic) bond motifs is 2. The zero-order chi connectivity index (χ0) is 45.1. The second kappa shape index (κ2) is 25.3. The van der Waals surface area contributed by atoms with Crippen LogP contribution in [0.3, 0.4) is 0 Å². The molecule has 2 aliphatic carbocycles. The Kier molecular flexibility index (Phi) is 21.7. The first-order valence-corrected chi connectivity index (χ1v) is 23.3. The molecule has 65 heavy (non-hydrogen) atoms. The molecule has 9 nitrogen and oxygen atoms in total. The first kappa shape index (κ1) is 55.7. The molecule has 2 aliphatic heterocycles. The number of hydrogen-bond acceptors (Lipinski definition) is 9. The van der Waals surface area contributed by atoms with E-state index in [1.54, 1.807) is 24.3 Å². The maximum Gasteiger partial charge on any atom is 1.00 e. The molecule has 2 saturated heterocycles. The summed E-state index contributed by atoms with van der Waals surface area (Å²) >= 11 is 41.4. The van der Waals surface area contributed by atoms with Crippen LogP contribution in [0.1, 0.15) is 87.1 Å². The third-order valence-corrected chi connectivity index (χ3v) is 14.9. The summed E-state index contributed by atoms with van der Waals surface area (Å²) in [5.41, 5.74) is 5.69. The number of esters is 2. The van der Waals surface area contributed by atoms with Crippen LogP contribution in [0, 0.1) is 23.7 Å². The van der Waals surface area contributed by atoms with Crippen molar-refractivity contribution in [2.75, 3.05) is 0 Å². The van der Waals surface area contributed by atoms with E-state index in [1.807, 2.05) is 80.8 Å². The van der Waals surface area contributed by atoms with Crippen LogP contribution in [0.2, 0.25) is 30.1 Å². The van der Waals surface area contributed by atoms with E-state index in [0.717, 1.165) is 63.8 Å². The standard InChI is InChI=1S/C26H21Cl4NO2.C20H18BrCl2NO2.CH2O3.2K.H/c1-13-24-19(26(32)33-13)7-6-18(17-5-3-16(28)11-22(17)30)25(24)23-9-2-14(12-31-23)20-10-15(27)4-8-21(20)29;1-10-18-15(20(25)26-10)6-5-14(13-4-3-12(22)8-16(13)23)19(18)17-7-2-11(21)9-24-17;2-1-4-3;;;/h2-5,8-13,18-19,24-25H,6-7H2,1H3;2-4,7-10,14-15,18-19H,5-6H2,1H3;1,3H;;;/q;;;2*+1;-1/p-1/t13-,18+,19-,24-,25-;10-,14+,15-,18-,19-;;;;/m11..../s1. The topological polar surface area (TPSA) is 128 Å². The van der Waals surface area contributed by atoms with Crippen molar-refractivity contribution in [1.29, 1.82) is 0 Å². The molecular weight excluding hydrogens is 1080 g/mol.